The van der Waals surface area contributed by atoms with E-state index in [-0.39, 0.29) is 36.7 Å². The van der Waals surface area contributed by atoms with Crippen LogP contribution in [0.15, 0.2) is 18.2 Å². The van der Waals surface area contributed by atoms with Crippen LogP contribution in [0.25, 0.3) is 0 Å². The molecule has 0 aliphatic carbocycles. The van der Waals surface area contributed by atoms with E-state index in [2.05, 4.69) is 4.90 Å². The molecule has 0 bridgehead atoms. The molecule has 8 heteroatoms. The second-order valence-corrected chi connectivity index (χ2v) is 5.91. The van der Waals surface area contributed by atoms with E-state index in [0.29, 0.717) is 25.3 Å². The van der Waals surface area contributed by atoms with E-state index in [0.717, 1.165) is 6.07 Å². The van der Waals surface area contributed by atoms with E-state index >= 15 is 0 Å². The van der Waals surface area contributed by atoms with Gasteiger partial charge in [0.25, 0.3) is 0 Å². The van der Waals surface area contributed by atoms with Crippen LogP contribution in [0.2, 0.25) is 0 Å². The smallest absolute Gasteiger partial charge is 0.395 e. The van der Waals surface area contributed by atoms with E-state index in [1.807, 2.05) is 18.7 Å². The Bertz CT molecular complexity index is 603. The van der Waals surface area contributed by atoms with Gasteiger partial charge < -0.3 is 10.0 Å². The Morgan fingerprint density at radius 1 is 1.25 bits per heavy atom. The first-order valence-electron chi connectivity index (χ1n) is 7.50. The van der Waals surface area contributed by atoms with Gasteiger partial charge in [-0.05, 0) is 32.0 Å². The number of benzene rings is 1. The van der Waals surface area contributed by atoms with Crippen LogP contribution in [0.4, 0.5) is 18.9 Å². The Hall–Kier alpha value is -1.49. The molecule has 0 amide bonds. The lowest BCUT2D eigenvalue weighted by Gasteiger charge is -2.45. The third kappa shape index (κ3) is 4.32. The molecule has 1 aromatic rings. The second kappa shape index (κ2) is 8.06. The number of alkyl halides is 3. The Kier molecular flexibility index (Phi) is 6.90. The number of rotatable bonds is 3. The normalized spacial score (nSPS) is 22.0. The van der Waals surface area contributed by atoms with Crippen LogP contribution in [0.1, 0.15) is 25.0 Å². The monoisotopic (exact) mass is 363 g/mol. The van der Waals surface area contributed by atoms with Gasteiger partial charge in [0.15, 0.2) is 0 Å². The number of aliphatic hydroxyl groups is 1. The number of nitrogens with zero attached hydrogens (tertiary/aromatic N) is 3. The highest BCUT2D eigenvalue weighted by Gasteiger charge is 2.35. The van der Waals surface area contributed by atoms with Crippen molar-refractivity contribution in [1.82, 2.24) is 4.90 Å². The van der Waals surface area contributed by atoms with Gasteiger partial charge in [-0.15, -0.1) is 12.4 Å². The Labute approximate surface area is 145 Å². The number of β-amino-alcohol motifs (C(OH)–C–C–N with tert-alkyl or cyclic N) is 1. The molecule has 134 valence electrons. The van der Waals surface area contributed by atoms with Crippen molar-refractivity contribution in [2.24, 2.45) is 0 Å². The minimum Gasteiger partial charge on any atom is -0.395 e. The summed E-state index contributed by atoms with van der Waals surface area (Å²) in [7, 11) is 0. The van der Waals surface area contributed by atoms with Crippen LogP contribution in [-0.2, 0) is 6.18 Å². The highest BCUT2D eigenvalue weighted by Crippen LogP contribution is 2.35. The summed E-state index contributed by atoms with van der Waals surface area (Å²) < 4.78 is 39.3. The van der Waals surface area contributed by atoms with Crippen molar-refractivity contribution in [2.45, 2.75) is 32.1 Å². The predicted octanol–water partition coefficient (Wildman–Crippen LogP) is 2.89. The third-order valence-electron chi connectivity index (χ3n) is 4.26. The van der Waals surface area contributed by atoms with Gasteiger partial charge in [-0.3, -0.25) is 4.90 Å². The number of nitriles is 1. The van der Waals surface area contributed by atoms with Gasteiger partial charge in [0.2, 0.25) is 0 Å². The lowest BCUT2D eigenvalue weighted by Crippen LogP contribution is -2.57. The second-order valence-electron chi connectivity index (χ2n) is 5.91. The predicted molar refractivity (Wildman–Crippen MR) is 88.3 cm³/mol. The van der Waals surface area contributed by atoms with Crippen LogP contribution >= 0.6 is 12.4 Å². The summed E-state index contributed by atoms with van der Waals surface area (Å²) >= 11 is 0. The minimum atomic E-state index is -4.55. The minimum absolute atomic E-state index is 0. The summed E-state index contributed by atoms with van der Waals surface area (Å²) in [6.07, 6.45) is -4.55. The average molecular weight is 364 g/mol. The molecule has 0 unspecified atom stereocenters. The fourth-order valence-electron chi connectivity index (χ4n) is 3.04. The third-order valence-corrected chi connectivity index (χ3v) is 4.26. The molecule has 1 aliphatic heterocycles. The molecule has 4 nitrogen and oxygen atoms in total. The fourth-order valence-corrected chi connectivity index (χ4v) is 3.04. The van der Waals surface area contributed by atoms with Crippen molar-refractivity contribution in [3.63, 3.8) is 0 Å². The van der Waals surface area contributed by atoms with Crippen LogP contribution in [0, 0.1) is 11.3 Å². The Balaban J connectivity index is 0.00000288. The number of halogens is 4. The zero-order valence-electron chi connectivity index (χ0n) is 13.5. The fraction of sp³-hybridized carbons (Fsp3) is 0.562. The van der Waals surface area contributed by atoms with Gasteiger partial charge in [-0.1, -0.05) is 0 Å². The van der Waals surface area contributed by atoms with Crippen molar-refractivity contribution in [3.8, 4) is 6.07 Å². The molecule has 24 heavy (non-hydrogen) atoms. The molecule has 0 aromatic heterocycles. The zero-order chi connectivity index (χ0) is 17.2. The maximum absolute atomic E-state index is 13.1. The molecular formula is C16H21ClF3N3O. The number of piperazine rings is 1. The van der Waals surface area contributed by atoms with Gasteiger partial charge in [-0.25, -0.2) is 0 Å². The Morgan fingerprint density at radius 2 is 1.92 bits per heavy atom. The maximum Gasteiger partial charge on any atom is 0.417 e. The van der Waals surface area contributed by atoms with Crippen LogP contribution < -0.4 is 4.90 Å². The van der Waals surface area contributed by atoms with Gasteiger partial charge in [0.05, 0.1) is 23.8 Å². The van der Waals surface area contributed by atoms with Gasteiger partial charge in [-0.2, -0.15) is 18.4 Å². The summed E-state index contributed by atoms with van der Waals surface area (Å²) in [4.78, 5) is 4.05. The molecule has 0 radical (unpaired) electrons. The lowest BCUT2D eigenvalue weighted by atomic mass is 10.0. The molecule has 1 aromatic carbocycles. The highest BCUT2D eigenvalue weighted by atomic mass is 35.5. The lowest BCUT2D eigenvalue weighted by molar-refractivity contribution is -0.137. The van der Waals surface area contributed by atoms with Crippen LogP contribution in [-0.4, -0.2) is 48.3 Å². The highest BCUT2D eigenvalue weighted by molar-refractivity contribution is 5.85. The van der Waals surface area contributed by atoms with Gasteiger partial charge in [0.1, 0.15) is 0 Å². The first-order valence-corrected chi connectivity index (χ1v) is 7.50. The molecule has 2 atom stereocenters. The van der Waals surface area contributed by atoms with Crippen LogP contribution in [0.3, 0.4) is 0 Å². The topological polar surface area (TPSA) is 50.5 Å². The van der Waals surface area contributed by atoms with Crippen molar-refractivity contribution in [1.29, 1.82) is 5.26 Å². The molecule has 0 saturated carbocycles. The molecule has 1 fully saturated rings. The maximum atomic E-state index is 13.1. The van der Waals surface area contributed by atoms with E-state index in [4.69, 9.17) is 10.4 Å². The van der Waals surface area contributed by atoms with Crippen molar-refractivity contribution in [2.75, 3.05) is 31.1 Å². The van der Waals surface area contributed by atoms with Crippen molar-refractivity contribution < 1.29 is 18.3 Å². The van der Waals surface area contributed by atoms with Gasteiger partial charge in [0, 0.05) is 37.4 Å². The van der Waals surface area contributed by atoms with Crippen molar-refractivity contribution >= 4 is 18.1 Å². The summed E-state index contributed by atoms with van der Waals surface area (Å²) in [5.74, 6) is 0. The summed E-state index contributed by atoms with van der Waals surface area (Å²) in [6.45, 7) is 5.80. The first kappa shape index (κ1) is 20.6. The molecule has 1 aliphatic rings. The standard InChI is InChI=1S/C16H20F3N3O.ClH/c1-11-10-22(12(2)9-21(11)5-6-23)14-4-3-13(8-20)15(7-14)16(17,18)19;/h3-4,7,11-12,23H,5-6,9-10H2,1-2H3;1H/t11-,12+;/m1./s1. The number of aliphatic hydroxyl groups excluding tert-OH is 1. The number of anilines is 1. The van der Waals surface area contributed by atoms with E-state index in [1.54, 1.807) is 12.1 Å². The number of hydrogen-bond donors (Lipinski definition) is 1. The molecule has 1 saturated heterocycles. The molecule has 1 heterocycles. The van der Waals surface area contributed by atoms with E-state index < -0.39 is 11.7 Å². The molecule has 2 rings (SSSR count). The van der Waals surface area contributed by atoms with E-state index in [1.165, 1.54) is 6.07 Å². The molecule has 1 N–H and O–H groups in total. The molecule has 0 spiro atoms. The zero-order valence-corrected chi connectivity index (χ0v) is 14.4. The van der Waals surface area contributed by atoms with Crippen LogP contribution in [0.5, 0.6) is 0 Å². The largest absolute Gasteiger partial charge is 0.417 e. The quantitative estimate of drug-likeness (QED) is 0.897. The van der Waals surface area contributed by atoms with E-state index in [9.17, 15) is 13.2 Å². The molecular weight excluding hydrogens is 343 g/mol. The SMILES string of the molecule is C[C@@H]1CN(c2ccc(C#N)c(C(F)(F)F)c2)[C@@H](C)CN1CCO.Cl. The van der Waals surface area contributed by atoms with Crippen molar-refractivity contribution in [3.05, 3.63) is 29.3 Å². The summed E-state index contributed by atoms with van der Waals surface area (Å²) in [5.41, 5.74) is -0.782. The average Bonchev–Trinajstić information content (AvgIpc) is 2.49. The first-order chi connectivity index (χ1) is 10.8. The Morgan fingerprint density at radius 3 is 2.46 bits per heavy atom. The summed E-state index contributed by atoms with van der Waals surface area (Å²) in [6, 6.07) is 5.61. The number of hydrogen-bond acceptors (Lipinski definition) is 4. The van der Waals surface area contributed by atoms with Gasteiger partial charge >= 0.3 is 6.18 Å². The summed E-state index contributed by atoms with van der Waals surface area (Å²) in [5, 5.41) is 18.0.